The summed E-state index contributed by atoms with van der Waals surface area (Å²) in [6.45, 7) is 7.67. The monoisotopic (exact) mass is 183 g/mol. The first-order valence-electron chi connectivity index (χ1n) is 5.10. The van der Waals surface area contributed by atoms with Crippen LogP contribution in [-0.2, 0) is 4.74 Å². The van der Waals surface area contributed by atoms with E-state index in [1.165, 1.54) is 12.8 Å². The van der Waals surface area contributed by atoms with E-state index in [4.69, 9.17) is 4.74 Å². The fourth-order valence-corrected chi connectivity index (χ4v) is 0.894. The third-order valence-corrected chi connectivity index (χ3v) is 1.67. The van der Waals surface area contributed by atoms with Crippen molar-refractivity contribution in [2.45, 2.75) is 33.1 Å². The lowest BCUT2D eigenvalue weighted by atomic mass is 10.4. The average molecular weight is 183 g/mol. The van der Waals surface area contributed by atoms with Crippen molar-refractivity contribution in [1.29, 1.82) is 0 Å². The largest absolute Gasteiger partial charge is 0.380 e. The van der Waals surface area contributed by atoms with Crippen molar-refractivity contribution in [2.24, 2.45) is 0 Å². The van der Waals surface area contributed by atoms with E-state index in [1.54, 1.807) is 0 Å². The van der Waals surface area contributed by atoms with Crippen molar-refractivity contribution in [1.82, 2.24) is 5.32 Å². The highest BCUT2D eigenvalue weighted by Crippen LogP contribution is 1.86. The molecule has 0 rings (SSSR count). The highest BCUT2D eigenvalue weighted by atomic mass is 16.5. The first kappa shape index (κ1) is 12.5. The summed E-state index contributed by atoms with van der Waals surface area (Å²) in [4.78, 5) is 0. The summed E-state index contributed by atoms with van der Waals surface area (Å²) in [5, 5.41) is 3.27. The van der Waals surface area contributed by atoms with Gasteiger partial charge >= 0.3 is 0 Å². The molecule has 0 aromatic rings. The Morgan fingerprint density at radius 1 is 1.23 bits per heavy atom. The highest BCUT2D eigenvalue weighted by Gasteiger charge is 1.87. The van der Waals surface area contributed by atoms with Crippen LogP contribution in [0.4, 0.5) is 0 Å². The summed E-state index contributed by atoms with van der Waals surface area (Å²) in [7, 11) is 0. The number of hydrogen-bond acceptors (Lipinski definition) is 2. The molecule has 0 spiro atoms. The second-order valence-corrected chi connectivity index (χ2v) is 2.89. The lowest BCUT2D eigenvalue weighted by molar-refractivity contribution is 0.133. The lowest BCUT2D eigenvalue weighted by Crippen LogP contribution is -2.20. The van der Waals surface area contributed by atoms with E-state index in [1.807, 2.05) is 6.92 Å². The predicted octanol–water partition coefficient (Wildman–Crippen LogP) is 1.81. The van der Waals surface area contributed by atoms with Crippen molar-refractivity contribution in [3.63, 3.8) is 0 Å². The van der Waals surface area contributed by atoms with Gasteiger partial charge in [0, 0.05) is 26.1 Å². The Balaban J connectivity index is 2.86. The molecule has 2 heteroatoms. The Labute approximate surface area is 82.1 Å². The molecule has 0 saturated heterocycles. The number of rotatable bonds is 8. The summed E-state index contributed by atoms with van der Waals surface area (Å²) < 4.78 is 5.38. The molecule has 0 aromatic heterocycles. The molecule has 0 amide bonds. The van der Waals surface area contributed by atoms with Gasteiger partial charge in [-0.3, -0.25) is 0 Å². The SMILES string of the molecule is CC#CCCNCCOCCCC. The fourth-order valence-electron chi connectivity index (χ4n) is 0.894. The van der Waals surface area contributed by atoms with E-state index in [9.17, 15) is 0 Å². The molecule has 0 bridgehead atoms. The van der Waals surface area contributed by atoms with Crippen LogP contribution in [0.2, 0.25) is 0 Å². The number of ether oxygens (including phenoxy) is 1. The normalized spacial score (nSPS) is 9.38. The predicted molar refractivity (Wildman–Crippen MR) is 56.7 cm³/mol. The molecule has 0 aliphatic heterocycles. The maximum Gasteiger partial charge on any atom is 0.0590 e. The van der Waals surface area contributed by atoms with Gasteiger partial charge in [0.15, 0.2) is 0 Å². The summed E-state index contributed by atoms with van der Waals surface area (Å²) in [6.07, 6.45) is 3.31. The molecule has 0 fully saturated rings. The standard InChI is InChI=1S/C11H21NO/c1-3-5-7-8-12-9-11-13-10-6-4-2/h12H,4,6-11H2,1-2H3. The fraction of sp³-hybridized carbons (Fsp3) is 0.818. The van der Waals surface area contributed by atoms with Gasteiger partial charge in [-0.2, -0.15) is 0 Å². The van der Waals surface area contributed by atoms with Crippen LogP contribution in [0.15, 0.2) is 0 Å². The van der Waals surface area contributed by atoms with Gasteiger partial charge in [0.1, 0.15) is 0 Å². The maximum absolute atomic E-state index is 5.38. The van der Waals surface area contributed by atoms with Gasteiger partial charge in [0.2, 0.25) is 0 Å². The van der Waals surface area contributed by atoms with Crippen LogP contribution in [0.5, 0.6) is 0 Å². The van der Waals surface area contributed by atoms with Gasteiger partial charge in [0.05, 0.1) is 6.61 Å². The molecular formula is C11H21NO. The summed E-state index contributed by atoms with van der Waals surface area (Å²) in [6, 6.07) is 0. The molecule has 0 unspecified atom stereocenters. The van der Waals surface area contributed by atoms with Crippen LogP contribution in [0.1, 0.15) is 33.1 Å². The van der Waals surface area contributed by atoms with Crippen LogP contribution >= 0.6 is 0 Å². The molecule has 0 aromatic carbocycles. The Kier molecular flexibility index (Phi) is 11.0. The summed E-state index contributed by atoms with van der Waals surface area (Å²) in [5.74, 6) is 5.87. The molecule has 2 nitrogen and oxygen atoms in total. The molecule has 13 heavy (non-hydrogen) atoms. The Hall–Kier alpha value is -0.520. The summed E-state index contributed by atoms with van der Waals surface area (Å²) in [5.41, 5.74) is 0. The third-order valence-electron chi connectivity index (χ3n) is 1.67. The van der Waals surface area contributed by atoms with E-state index in [0.29, 0.717) is 0 Å². The minimum atomic E-state index is 0.819. The van der Waals surface area contributed by atoms with Gasteiger partial charge in [-0.25, -0.2) is 0 Å². The first-order chi connectivity index (χ1) is 6.41. The number of nitrogens with one attached hydrogen (secondary N) is 1. The molecule has 0 aliphatic rings. The van der Waals surface area contributed by atoms with E-state index < -0.39 is 0 Å². The van der Waals surface area contributed by atoms with E-state index in [2.05, 4.69) is 24.1 Å². The molecule has 0 heterocycles. The second-order valence-electron chi connectivity index (χ2n) is 2.89. The highest BCUT2D eigenvalue weighted by molar-refractivity contribution is 4.94. The van der Waals surface area contributed by atoms with Crippen molar-refractivity contribution < 1.29 is 4.74 Å². The minimum absolute atomic E-state index is 0.819. The molecule has 1 N–H and O–H groups in total. The van der Waals surface area contributed by atoms with Crippen LogP contribution in [0.3, 0.4) is 0 Å². The Morgan fingerprint density at radius 3 is 2.77 bits per heavy atom. The molecule has 0 aliphatic carbocycles. The molecule has 0 atom stereocenters. The average Bonchev–Trinajstić information content (AvgIpc) is 2.16. The molecular weight excluding hydrogens is 162 g/mol. The quantitative estimate of drug-likeness (QED) is 0.458. The van der Waals surface area contributed by atoms with Crippen molar-refractivity contribution in [2.75, 3.05) is 26.3 Å². The van der Waals surface area contributed by atoms with Crippen molar-refractivity contribution >= 4 is 0 Å². The zero-order valence-electron chi connectivity index (χ0n) is 8.86. The summed E-state index contributed by atoms with van der Waals surface area (Å²) >= 11 is 0. The third kappa shape index (κ3) is 11.5. The van der Waals surface area contributed by atoms with Crippen LogP contribution in [-0.4, -0.2) is 26.3 Å². The first-order valence-corrected chi connectivity index (χ1v) is 5.10. The second kappa shape index (κ2) is 11.5. The Bertz CT molecular complexity index is 146. The molecule has 0 saturated carbocycles. The zero-order valence-corrected chi connectivity index (χ0v) is 8.86. The van der Waals surface area contributed by atoms with Gasteiger partial charge in [-0.15, -0.1) is 11.8 Å². The number of unbranched alkanes of at least 4 members (excludes halogenated alkanes) is 1. The van der Waals surface area contributed by atoms with Crippen LogP contribution in [0.25, 0.3) is 0 Å². The van der Waals surface area contributed by atoms with Gasteiger partial charge in [-0.05, 0) is 13.3 Å². The maximum atomic E-state index is 5.38. The van der Waals surface area contributed by atoms with E-state index in [0.717, 1.165) is 32.7 Å². The van der Waals surface area contributed by atoms with Gasteiger partial charge in [-0.1, -0.05) is 13.3 Å². The Morgan fingerprint density at radius 2 is 2.08 bits per heavy atom. The molecule has 0 radical (unpaired) electrons. The number of hydrogen-bond donors (Lipinski definition) is 1. The van der Waals surface area contributed by atoms with Gasteiger partial charge in [0.25, 0.3) is 0 Å². The van der Waals surface area contributed by atoms with Crippen molar-refractivity contribution in [3.05, 3.63) is 0 Å². The smallest absolute Gasteiger partial charge is 0.0590 e. The minimum Gasteiger partial charge on any atom is -0.380 e. The van der Waals surface area contributed by atoms with E-state index in [-0.39, 0.29) is 0 Å². The zero-order chi connectivity index (χ0) is 9.78. The lowest BCUT2D eigenvalue weighted by Gasteiger charge is -2.03. The topological polar surface area (TPSA) is 21.3 Å². The molecule has 76 valence electrons. The van der Waals surface area contributed by atoms with E-state index >= 15 is 0 Å². The van der Waals surface area contributed by atoms with Gasteiger partial charge < -0.3 is 10.1 Å². The van der Waals surface area contributed by atoms with Crippen LogP contribution < -0.4 is 5.32 Å². The van der Waals surface area contributed by atoms with Crippen molar-refractivity contribution in [3.8, 4) is 11.8 Å². The van der Waals surface area contributed by atoms with Crippen LogP contribution in [0, 0.1) is 11.8 Å².